The van der Waals surface area contributed by atoms with Crippen LogP contribution in [0.15, 0.2) is 42.7 Å². The van der Waals surface area contributed by atoms with Crippen molar-refractivity contribution in [3.63, 3.8) is 0 Å². The number of aromatic nitrogens is 1. The Bertz CT molecular complexity index is 657. The summed E-state index contributed by atoms with van der Waals surface area (Å²) in [6, 6.07) is 8.68. The van der Waals surface area contributed by atoms with Gasteiger partial charge in [-0.2, -0.15) is 0 Å². The molecule has 1 aliphatic rings. The number of rotatable bonds is 5. The van der Waals surface area contributed by atoms with Gasteiger partial charge in [0.05, 0.1) is 6.10 Å². The number of hydrogen-bond donors (Lipinski definition) is 1. The third kappa shape index (κ3) is 4.38. The van der Waals surface area contributed by atoms with E-state index in [4.69, 9.17) is 0 Å². The third-order valence-corrected chi connectivity index (χ3v) is 4.64. The Hall–Kier alpha value is -1.82. The molecular weight excluding hydrogens is 305 g/mol. The molecule has 2 aromatic rings. The van der Waals surface area contributed by atoms with E-state index in [1.54, 1.807) is 6.07 Å². The molecule has 128 valence electrons. The maximum atomic E-state index is 13.2. The molecule has 1 saturated heterocycles. The number of halogens is 1. The zero-order chi connectivity index (χ0) is 16.9. The highest BCUT2D eigenvalue weighted by Crippen LogP contribution is 2.20. The molecule has 4 nitrogen and oxygen atoms in total. The number of aliphatic hydroxyl groups is 1. The maximum absolute atomic E-state index is 13.2. The van der Waals surface area contributed by atoms with Crippen molar-refractivity contribution in [1.82, 2.24) is 14.8 Å². The summed E-state index contributed by atoms with van der Waals surface area (Å²) in [4.78, 5) is 8.74. The fourth-order valence-corrected chi connectivity index (χ4v) is 3.23. The van der Waals surface area contributed by atoms with Crippen molar-refractivity contribution in [2.24, 2.45) is 0 Å². The second kappa shape index (κ2) is 7.83. The van der Waals surface area contributed by atoms with E-state index < -0.39 is 6.10 Å². The minimum absolute atomic E-state index is 0.256. The molecule has 1 unspecified atom stereocenters. The van der Waals surface area contributed by atoms with Crippen molar-refractivity contribution in [2.45, 2.75) is 19.6 Å². The highest BCUT2D eigenvalue weighted by atomic mass is 19.1. The van der Waals surface area contributed by atoms with Crippen LogP contribution in [0.3, 0.4) is 0 Å². The lowest BCUT2D eigenvalue weighted by Gasteiger charge is -2.35. The van der Waals surface area contributed by atoms with Crippen LogP contribution in [0, 0.1) is 12.7 Å². The van der Waals surface area contributed by atoms with Gasteiger partial charge < -0.3 is 5.11 Å². The average Bonchev–Trinajstić information content (AvgIpc) is 2.57. The third-order valence-electron chi connectivity index (χ3n) is 4.64. The number of nitrogens with zero attached hydrogens (tertiary/aromatic N) is 3. The largest absolute Gasteiger partial charge is 0.387 e. The van der Waals surface area contributed by atoms with Gasteiger partial charge in [-0.3, -0.25) is 14.8 Å². The van der Waals surface area contributed by atoms with Gasteiger partial charge in [-0.25, -0.2) is 4.39 Å². The van der Waals surface area contributed by atoms with Crippen molar-refractivity contribution in [1.29, 1.82) is 0 Å². The summed E-state index contributed by atoms with van der Waals surface area (Å²) in [5.41, 5.74) is 2.90. The van der Waals surface area contributed by atoms with Gasteiger partial charge in [0.1, 0.15) is 5.82 Å². The van der Waals surface area contributed by atoms with E-state index >= 15 is 0 Å². The number of aryl methyl sites for hydroxylation is 1. The number of pyridine rings is 1. The van der Waals surface area contributed by atoms with E-state index in [0.29, 0.717) is 6.54 Å². The minimum atomic E-state index is -0.572. The molecule has 1 N–H and O–H groups in total. The van der Waals surface area contributed by atoms with Gasteiger partial charge in [-0.15, -0.1) is 0 Å². The molecule has 2 heterocycles. The van der Waals surface area contributed by atoms with Crippen molar-refractivity contribution >= 4 is 0 Å². The molecule has 0 bridgehead atoms. The predicted octanol–water partition coefficient (Wildman–Crippen LogP) is 2.38. The van der Waals surface area contributed by atoms with E-state index in [0.717, 1.165) is 43.9 Å². The van der Waals surface area contributed by atoms with E-state index in [1.165, 1.54) is 17.7 Å². The van der Waals surface area contributed by atoms with Gasteiger partial charge in [0, 0.05) is 51.7 Å². The summed E-state index contributed by atoms with van der Waals surface area (Å²) < 4.78 is 13.2. The molecule has 24 heavy (non-hydrogen) atoms. The molecule has 0 aliphatic carbocycles. The summed E-state index contributed by atoms with van der Waals surface area (Å²) in [5.74, 6) is -0.256. The van der Waals surface area contributed by atoms with Gasteiger partial charge in [0.15, 0.2) is 0 Å². The van der Waals surface area contributed by atoms with Crippen molar-refractivity contribution in [3.05, 3.63) is 65.2 Å². The number of hydrogen-bond acceptors (Lipinski definition) is 4. The fraction of sp³-hybridized carbons (Fsp3) is 0.421. The van der Waals surface area contributed by atoms with E-state index in [2.05, 4.69) is 14.8 Å². The summed E-state index contributed by atoms with van der Waals surface area (Å²) >= 11 is 0. The van der Waals surface area contributed by atoms with Crippen LogP contribution in [0.25, 0.3) is 0 Å². The normalized spacial score (nSPS) is 17.8. The van der Waals surface area contributed by atoms with Gasteiger partial charge in [-0.05, 0) is 47.9 Å². The zero-order valence-electron chi connectivity index (χ0n) is 14.0. The second-order valence-electron chi connectivity index (χ2n) is 6.45. The number of aliphatic hydroxyl groups excluding tert-OH is 1. The lowest BCUT2D eigenvalue weighted by molar-refractivity contribution is 0.0698. The Balaban J connectivity index is 1.50. The Morgan fingerprint density at radius 1 is 1.08 bits per heavy atom. The molecule has 0 amide bonds. The predicted molar refractivity (Wildman–Crippen MR) is 92.1 cm³/mol. The van der Waals surface area contributed by atoms with Crippen LogP contribution in [-0.2, 0) is 6.54 Å². The fourth-order valence-electron chi connectivity index (χ4n) is 3.23. The van der Waals surface area contributed by atoms with E-state index in [-0.39, 0.29) is 5.82 Å². The van der Waals surface area contributed by atoms with Gasteiger partial charge in [0.2, 0.25) is 0 Å². The first-order valence-electron chi connectivity index (χ1n) is 8.39. The smallest absolute Gasteiger partial charge is 0.123 e. The molecule has 1 atom stereocenters. The summed E-state index contributed by atoms with van der Waals surface area (Å²) in [6.45, 7) is 7.21. The van der Waals surface area contributed by atoms with Crippen LogP contribution in [0.4, 0.5) is 4.39 Å². The first kappa shape index (κ1) is 17.0. The Kier molecular flexibility index (Phi) is 5.56. The quantitative estimate of drug-likeness (QED) is 0.914. The monoisotopic (exact) mass is 329 g/mol. The van der Waals surface area contributed by atoms with Crippen LogP contribution in [0.5, 0.6) is 0 Å². The molecule has 1 fully saturated rings. The van der Waals surface area contributed by atoms with Gasteiger partial charge in [0.25, 0.3) is 0 Å². The SMILES string of the molecule is Cc1cc(F)ccc1C(O)CN1CCN(Cc2ccncc2)CC1. The van der Waals surface area contributed by atoms with Crippen LogP contribution < -0.4 is 0 Å². The first-order chi connectivity index (χ1) is 11.6. The summed E-state index contributed by atoms with van der Waals surface area (Å²) in [6.07, 6.45) is 3.08. The first-order valence-corrected chi connectivity index (χ1v) is 8.39. The number of piperazine rings is 1. The molecule has 1 aromatic carbocycles. The molecular formula is C19H24FN3O. The molecule has 0 radical (unpaired) electrons. The van der Waals surface area contributed by atoms with Crippen LogP contribution in [-0.4, -0.2) is 52.6 Å². The maximum Gasteiger partial charge on any atom is 0.123 e. The molecule has 5 heteroatoms. The lowest BCUT2D eigenvalue weighted by atomic mass is 10.0. The van der Waals surface area contributed by atoms with Crippen LogP contribution >= 0.6 is 0 Å². The Morgan fingerprint density at radius 2 is 1.75 bits per heavy atom. The van der Waals surface area contributed by atoms with Gasteiger partial charge >= 0.3 is 0 Å². The van der Waals surface area contributed by atoms with Crippen molar-refractivity contribution < 1.29 is 9.50 Å². The van der Waals surface area contributed by atoms with Crippen molar-refractivity contribution in [3.8, 4) is 0 Å². The Labute approximate surface area is 142 Å². The van der Waals surface area contributed by atoms with Crippen LogP contribution in [0.2, 0.25) is 0 Å². The summed E-state index contributed by atoms with van der Waals surface area (Å²) in [5, 5.41) is 10.5. The molecule has 1 aliphatic heterocycles. The average molecular weight is 329 g/mol. The minimum Gasteiger partial charge on any atom is -0.387 e. The van der Waals surface area contributed by atoms with Crippen LogP contribution in [0.1, 0.15) is 22.8 Å². The lowest BCUT2D eigenvalue weighted by Crippen LogP contribution is -2.47. The number of β-amino-alcohol motifs (C(OH)–C–C–N with tert-alkyl or cyclic N) is 1. The topological polar surface area (TPSA) is 39.6 Å². The van der Waals surface area contributed by atoms with E-state index in [1.807, 2.05) is 31.5 Å². The highest BCUT2D eigenvalue weighted by Gasteiger charge is 2.20. The second-order valence-corrected chi connectivity index (χ2v) is 6.45. The zero-order valence-corrected chi connectivity index (χ0v) is 14.0. The Morgan fingerprint density at radius 3 is 2.42 bits per heavy atom. The molecule has 0 spiro atoms. The standard InChI is InChI=1S/C19H24FN3O/c1-15-12-17(20)2-3-18(15)19(24)14-23-10-8-22(9-11-23)13-16-4-6-21-7-5-16/h2-7,12,19,24H,8-11,13-14H2,1H3. The molecule has 0 saturated carbocycles. The van der Waals surface area contributed by atoms with E-state index in [9.17, 15) is 9.50 Å². The summed E-state index contributed by atoms with van der Waals surface area (Å²) in [7, 11) is 0. The van der Waals surface area contributed by atoms with Gasteiger partial charge in [-0.1, -0.05) is 6.07 Å². The van der Waals surface area contributed by atoms with Crippen molar-refractivity contribution in [2.75, 3.05) is 32.7 Å². The highest BCUT2D eigenvalue weighted by molar-refractivity contribution is 5.28. The molecule has 3 rings (SSSR count). The number of benzene rings is 1. The molecule has 1 aromatic heterocycles.